The van der Waals surface area contributed by atoms with Crippen LogP contribution in [0.4, 0.5) is 5.82 Å². The van der Waals surface area contributed by atoms with Gasteiger partial charge in [0.05, 0.1) is 11.7 Å². The van der Waals surface area contributed by atoms with E-state index in [0.29, 0.717) is 5.82 Å². The van der Waals surface area contributed by atoms with Gasteiger partial charge in [-0.05, 0) is 52.0 Å². The van der Waals surface area contributed by atoms with Gasteiger partial charge in [-0.1, -0.05) is 18.2 Å². The molecule has 1 unspecified atom stereocenters. The highest BCUT2D eigenvalue weighted by Crippen LogP contribution is 2.40. The van der Waals surface area contributed by atoms with Gasteiger partial charge in [-0.15, -0.1) is 10.2 Å². The predicted molar refractivity (Wildman–Crippen MR) is 101 cm³/mol. The molecule has 0 fully saturated rings. The highest BCUT2D eigenvalue weighted by atomic mass is 16.5. The van der Waals surface area contributed by atoms with Crippen molar-refractivity contribution in [3.63, 3.8) is 0 Å². The van der Waals surface area contributed by atoms with Crippen molar-refractivity contribution in [1.82, 2.24) is 20.0 Å². The number of hydrogen-bond donors (Lipinski definition) is 1. The molecule has 0 amide bonds. The maximum absolute atomic E-state index is 6.09. The molecule has 0 spiro atoms. The normalized spacial score (nSPS) is 18.1. The lowest BCUT2D eigenvalue weighted by Gasteiger charge is -2.38. The minimum atomic E-state index is -0.233. The molecule has 0 radical (unpaired) electrons. The molecule has 1 aliphatic rings. The Labute approximate surface area is 153 Å². The van der Waals surface area contributed by atoms with Crippen molar-refractivity contribution in [3.8, 4) is 11.6 Å². The molecule has 134 valence electrons. The third-order valence-corrected chi connectivity index (χ3v) is 4.58. The predicted octanol–water partition coefficient (Wildman–Crippen LogP) is 3.99. The van der Waals surface area contributed by atoms with Crippen LogP contribution in [0, 0.1) is 13.8 Å². The zero-order valence-corrected chi connectivity index (χ0v) is 15.5. The van der Waals surface area contributed by atoms with Gasteiger partial charge in [-0.2, -0.15) is 5.10 Å². The number of benzene rings is 1. The Hall–Kier alpha value is -2.89. The molecule has 1 aromatic carbocycles. The van der Waals surface area contributed by atoms with E-state index in [4.69, 9.17) is 4.74 Å². The van der Waals surface area contributed by atoms with Crippen LogP contribution < -0.4 is 10.1 Å². The molecule has 0 saturated carbocycles. The van der Waals surface area contributed by atoms with E-state index < -0.39 is 0 Å². The lowest BCUT2D eigenvalue weighted by atomic mass is 9.90. The summed E-state index contributed by atoms with van der Waals surface area (Å²) in [7, 11) is 0. The standard InChI is InChI=1S/C20H23N5O/c1-13-11-14(2)25(24-13)19-10-9-18(22-23-19)21-16-12-20(3,4)26-17-8-6-5-7-15(16)17/h5-11,16H,12H2,1-4H3,(H,21,22). The number of fused-ring (bicyclic) bond motifs is 1. The molecule has 1 atom stereocenters. The van der Waals surface area contributed by atoms with Crippen molar-refractivity contribution in [2.45, 2.75) is 45.8 Å². The fourth-order valence-electron chi connectivity index (χ4n) is 3.49. The third kappa shape index (κ3) is 3.14. The second kappa shape index (κ2) is 6.12. The monoisotopic (exact) mass is 349 g/mol. The molecule has 6 heteroatoms. The second-order valence-electron chi connectivity index (χ2n) is 7.42. The summed E-state index contributed by atoms with van der Waals surface area (Å²) in [4.78, 5) is 0. The van der Waals surface area contributed by atoms with E-state index in [-0.39, 0.29) is 11.6 Å². The van der Waals surface area contributed by atoms with E-state index in [9.17, 15) is 0 Å². The number of ether oxygens (including phenoxy) is 1. The summed E-state index contributed by atoms with van der Waals surface area (Å²) < 4.78 is 7.90. The first-order valence-electron chi connectivity index (χ1n) is 8.83. The fraction of sp³-hybridized carbons (Fsp3) is 0.350. The summed E-state index contributed by atoms with van der Waals surface area (Å²) in [6.07, 6.45) is 0.852. The van der Waals surface area contributed by atoms with E-state index in [1.807, 2.05) is 50.2 Å². The summed E-state index contributed by atoms with van der Waals surface area (Å²) in [5.74, 6) is 2.38. The molecule has 1 N–H and O–H groups in total. The molecular weight excluding hydrogens is 326 g/mol. The van der Waals surface area contributed by atoms with Crippen molar-refractivity contribution < 1.29 is 4.74 Å². The van der Waals surface area contributed by atoms with E-state index in [1.165, 1.54) is 0 Å². The average Bonchev–Trinajstić information content (AvgIpc) is 2.93. The maximum atomic E-state index is 6.09. The van der Waals surface area contributed by atoms with E-state index >= 15 is 0 Å². The van der Waals surface area contributed by atoms with Gasteiger partial charge in [0.2, 0.25) is 0 Å². The number of aromatic nitrogens is 4. The lowest BCUT2D eigenvalue weighted by Crippen LogP contribution is -2.37. The van der Waals surface area contributed by atoms with Crippen LogP contribution in [0.25, 0.3) is 5.82 Å². The second-order valence-corrected chi connectivity index (χ2v) is 7.42. The van der Waals surface area contributed by atoms with Crippen LogP contribution in [0.5, 0.6) is 5.75 Å². The number of hydrogen-bond acceptors (Lipinski definition) is 5. The summed E-state index contributed by atoms with van der Waals surface area (Å²) in [6.45, 7) is 8.19. The number of nitrogens with one attached hydrogen (secondary N) is 1. The highest BCUT2D eigenvalue weighted by molar-refractivity contribution is 5.45. The lowest BCUT2D eigenvalue weighted by molar-refractivity contribution is 0.0758. The first-order chi connectivity index (χ1) is 12.4. The van der Waals surface area contributed by atoms with Crippen molar-refractivity contribution in [3.05, 3.63) is 59.4 Å². The van der Waals surface area contributed by atoms with Crippen LogP contribution in [0.3, 0.4) is 0 Å². The van der Waals surface area contributed by atoms with Gasteiger partial charge < -0.3 is 10.1 Å². The summed E-state index contributed by atoms with van der Waals surface area (Å²) in [5.41, 5.74) is 2.92. The maximum Gasteiger partial charge on any atom is 0.176 e. The molecule has 3 heterocycles. The zero-order valence-electron chi connectivity index (χ0n) is 15.5. The summed E-state index contributed by atoms with van der Waals surface area (Å²) in [5, 5.41) is 16.7. The van der Waals surface area contributed by atoms with Crippen LogP contribution in [-0.2, 0) is 0 Å². The number of aryl methyl sites for hydroxylation is 2. The van der Waals surface area contributed by atoms with Gasteiger partial charge in [-0.3, -0.25) is 0 Å². The quantitative estimate of drug-likeness (QED) is 0.774. The molecule has 26 heavy (non-hydrogen) atoms. The van der Waals surface area contributed by atoms with E-state index in [0.717, 1.165) is 34.9 Å². The van der Waals surface area contributed by atoms with Gasteiger partial charge in [0, 0.05) is 17.7 Å². The first kappa shape index (κ1) is 16.6. The SMILES string of the molecule is Cc1cc(C)n(-c2ccc(NC3CC(C)(C)Oc4ccccc43)nn2)n1. The van der Waals surface area contributed by atoms with Gasteiger partial charge in [0.15, 0.2) is 5.82 Å². The van der Waals surface area contributed by atoms with Crippen molar-refractivity contribution in [2.75, 3.05) is 5.32 Å². The van der Waals surface area contributed by atoms with Gasteiger partial charge in [0.25, 0.3) is 0 Å². The Morgan fingerprint density at radius 1 is 1.12 bits per heavy atom. The van der Waals surface area contributed by atoms with Crippen molar-refractivity contribution in [1.29, 1.82) is 0 Å². The van der Waals surface area contributed by atoms with Crippen LogP contribution in [0.1, 0.15) is 43.3 Å². The van der Waals surface area contributed by atoms with E-state index in [2.05, 4.69) is 40.5 Å². The minimum absolute atomic E-state index is 0.129. The first-order valence-corrected chi connectivity index (χ1v) is 8.83. The largest absolute Gasteiger partial charge is 0.487 e. The molecule has 2 aromatic heterocycles. The van der Waals surface area contributed by atoms with Gasteiger partial charge >= 0.3 is 0 Å². The Morgan fingerprint density at radius 3 is 2.62 bits per heavy atom. The summed E-state index contributed by atoms with van der Waals surface area (Å²) >= 11 is 0. The molecule has 0 saturated heterocycles. The molecule has 4 rings (SSSR count). The Morgan fingerprint density at radius 2 is 1.92 bits per heavy atom. The van der Waals surface area contributed by atoms with Crippen LogP contribution >= 0.6 is 0 Å². The molecule has 0 aliphatic carbocycles. The minimum Gasteiger partial charge on any atom is -0.487 e. The van der Waals surface area contributed by atoms with Crippen molar-refractivity contribution >= 4 is 5.82 Å². The molecule has 3 aromatic rings. The van der Waals surface area contributed by atoms with Crippen LogP contribution in [0.2, 0.25) is 0 Å². The topological polar surface area (TPSA) is 64.9 Å². The van der Waals surface area contributed by atoms with Crippen LogP contribution in [-0.4, -0.2) is 25.6 Å². The smallest absolute Gasteiger partial charge is 0.176 e. The number of anilines is 1. The van der Waals surface area contributed by atoms with Crippen molar-refractivity contribution in [2.24, 2.45) is 0 Å². The van der Waals surface area contributed by atoms with Gasteiger partial charge in [0.1, 0.15) is 17.2 Å². The molecule has 1 aliphatic heterocycles. The Bertz CT molecular complexity index is 930. The summed E-state index contributed by atoms with van der Waals surface area (Å²) in [6, 6.07) is 14.2. The van der Waals surface area contributed by atoms with Gasteiger partial charge in [-0.25, -0.2) is 4.68 Å². The fourth-order valence-corrected chi connectivity index (χ4v) is 3.49. The zero-order chi connectivity index (χ0) is 18.3. The average molecular weight is 349 g/mol. The Balaban J connectivity index is 1.59. The Kier molecular flexibility index (Phi) is 3.90. The molecular formula is C20H23N5O. The van der Waals surface area contributed by atoms with E-state index in [1.54, 1.807) is 4.68 Å². The number of para-hydroxylation sites is 1. The third-order valence-electron chi connectivity index (χ3n) is 4.58. The van der Waals surface area contributed by atoms with Crippen LogP contribution in [0.15, 0.2) is 42.5 Å². The number of nitrogens with zero attached hydrogens (tertiary/aromatic N) is 4. The number of rotatable bonds is 3. The molecule has 6 nitrogen and oxygen atoms in total. The highest BCUT2D eigenvalue weighted by Gasteiger charge is 2.33. The molecule has 0 bridgehead atoms.